The number of rotatable bonds is 18. The predicted octanol–water partition coefficient (Wildman–Crippen LogP) is 8.63. The van der Waals surface area contributed by atoms with Crippen LogP contribution >= 0.6 is 0 Å². The molecule has 1 aliphatic carbocycles. The molecule has 2 atom stereocenters. The first-order chi connectivity index (χ1) is 22.5. The summed E-state index contributed by atoms with van der Waals surface area (Å²) in [6.07, 6.45) is 8.45. The Hall–Kier alpha value is -2.64. The number of hydrogen-bond donors (Lipinski definition) is 2. The molecular weight excluding hydrogens is 600 g/mol. The fourth-order valence-electron chi connectivity index (χ4n) is 6.07. The summed E-state index contributed by atoms with van der Waals surface area (Å²) in [6, 6.07) is 12.8. The van der Waals surface area contributed by atoms with Crippen molar-refractivity contribution < 1.29 is 29.2 Å². The van der Waals surface area contributed by atoms with Crippen molar-refractivity contribution in [3.8, 4) is 11.5 Å². The van der Waals surface area contributed by atoms with Crippen LogP contribution in [-0.4, -0.2) is 61.1 Å². The first-order valence-electron chi connectivity index (χ1n) is 17.9. The molecule has 1 fully saturated rings. The summed E-state index contributed by atoms with van der Waals surface area (Å²) in [5, 5.41) is 20.9. The van der Waals surface area contributed by atoms with Gasteiger partial charge in [-0.25, -0.2) is 0 Å². The van der Waals surface area contributed by atoms with Crippen molar-refractivity contribution in [2.75, 3.05) is 33.0 Å². The van der Waals surface area contributed by atoms with Crippen molar-refractivity contribution in [1.82, 2.24) is 0 Å². The van der Waals surface area contributed by atoms with Crippen LogP contribution in [0.25, 0.3) is 0 Å². The molecule has 1 aliphatic rings. The highest BCUT2D eigenvalue weighted by molar-refractivity contribution is 5.48. The van der Waals surface area contributed by atoms with E-state index < -0.39 is 12.2 Å². The molecule has 6 heteroatoms. The summed E-state index contributed by atoms with van der Waals surface area (Å²) >= 11 is 0. The van der Waals surface area contributed by atoms with Crippen molar-refractivity contribution in [3.05, 3.63) is 84.0 Å². The number of hydrogen-bond acceptors (Lipinski definition) is 6. The van der Waals surface area contributed by atoms with Gasteiger partial charge in [-0.1, -0.05) is 71.0 Å². The van der Waals surface area contributed by atoms with Crippen LogP contribution in [0.15, 0.2) is 61.7 Å². The predicted molar refractivity (Wildman–Crippen MR) is 197 cm³/mol. The van der Waals surface area contributed by atoms with Gasteiger partial charge in [0.25, 0.3) is 0 Å². The molecule has 48 heavy (non-hydrogen) atoms. The maximum atomic E-state index is 10.7. The highest BCUT2D eigenvalue weighted by Gasteiger charge is 2.27. The molecule has 6 nitrogen and oxygen atoms in total. The van der Waals surface area contributed by atoms with Crippen LogP contribution in [0.3, 0.4) is 0 Å². The van der Waals surface area contributed by atoms with Gasteiger partial charge in [0.1, 0.15) is 29.8 Å². The lowest BCUT2D eigenvalue weighted by Crippen LogP contribution is -2.32. The lowest BCUT2D eigenvalue weighted by molar-refractivity contribution is -0.0368. The SMILES string of the molecule is C=CCc1cc(C(C)(C)c2ccc(OC(C)(C)C)c(CC=C)c2)ccc1OCC(O)COCC1CCC(COCC(O)C(C)(C)C)CC1. The van der Waals surface area contributed by atoms with Crippen molar-refractivity contribution in [2.24, 2.45) is 17.3 Å². The minimum absolute atomic E-state index is 0.160. The van der Waals surface area contributed by atoms with E-state index in [-0.39, 0.29) is 29.6 Å². The van der Waals surface area contributed by atoms with Crippen molar-refractivity contribution >= 4 is 0 Å². The summed E-state index contributed by atoms with van der Waals surface area (Å²) in [6.45, 7) is 26.8. The van der Waals surface area contributed by atoms with E-state index in [4.69, 9.17) is 18.9 Å². The standard InChI is InChI=1S/C42H64O6/c1-11-13-32-23-34(42(9,10)35-20-22-38(48-41(6,7)8)33(24-35)14-12-2)19-21-37(32)47-28-36(43)27-45-25-30-15-17-31(18-16-30)26-46-29-39(44)40(3,4)5/h11-12,19-24,30-31,36,39,43-44H,1-2,13-18,25-29H2,3-10H3. The second-order valence-electron chi connectivity index (χ2n) is 16.3. The number of aliphatic hydroxyl groups excluding tert-OH is 2. The van der Waals surface area contributed by atoms with E-state index in [1.807, 2.05) is 39.0 Å². The molecule has 2 unspecified atom stereocenters. The zero-order valence-electron chi connectivity index (χ0n) is 31.1. The van der Waals surface area contributed by atoms with Crippen LogP contribution in [0.4, 0.5) is 0 Å². The number of allylic oxidation sites excluding steroid dienone is 2. The maximum Gasteiger partial charge on any atom is 0.123 e. The summed E-state index contributed by atoms with van der Waals surface area (Å²) in [5.41, 5.74) is 3.83. The second-order valence-corrected chi connectivity index (χ2v) is 16.3. The molecule has 268 valence electrons. The molecule has 0 aliphatic heterocycles. The van der Waals surface area contributed by atoms with E-state index in [1.54, 1.807) is 0 Å². The largest absolute Gasteiger partial charge is 0.491 e. The summed E-state index contributed by atoms with van der Waals surface area (Å²) in [5.74, 6) is 2.69. The van der Waals surface area contributed by atoms with Gasteiger partial charge in [0, 0.05) is 18.6 Å². The molecule has 3 rings (SSSR count). The first kappa shape index (κ1) is 39.8. The molecule has 2 aromatic rings. The summed E-state index contributed by atoms with van der Waals surface area (Å²) in [7, 11) is 0. The third-order valence-corrected chi connectivity index (χ3v) is 9.40. The fourth-order valence-corrected chi connectivity index (χ4v) is 6.07. The van der Waals surface area contributed by atoms with Gasteiger partial charge in [-0.2, -0.15) is 0 Å². The van der Waals surface area contributed by atoms with Crippen molar-refractivity contribution in [2.45, 2.75) is 117 Å². The molecule has 0 amide bonds. The van der Waals surface area contributed by atoms with Gasteiger partial charge < -0.3 is 29.2 Å². The van der Waals surface area contributed by atoms with Crippen molar-refractivity contribution in [3.63, 3.8) is 0 Å². The molecule has 0 saturated heterocycles. The Kier molecular flexibility index (Phi) is 14.8. The quantitative estimate of drug-likeness (QED) is 0.155. The first-order valence-corrected chi connectivity index (χ1v) is 17.9. The summed E-state index contributed by atoms with van der Waals surface area (Å²) < 4.78 is 24.1. The van der Waals surface area contributed by atoms with Crippen LogP contribution < -0.4 is 9.47 Å². The normalized spacial score (nSPS) is 18.6. The number of benzene rings is 2. The molecule has 0 radical (unpaired) electrons. The topological polar surface area (TPSA) is 77.4 Å². The van der Waals surface area contributed by atoms with Gasteiger partial charge in [-0.05, 0) is 111 Å². The molecule has 0 aromatic heterocycles. The lowest BCUT2D eigenvalue weighted by atomic mass is 9.76. The van der Waals surface area contributed by atoms with Crippen molar-refractivity contribution in [1.29, 1.82) is 0 Å². The molecule has 1 saturated carbocycles. The smallest absolute Gasteiger partial charge is 0.123 e. The zero-order chi connectivity index (χ0) is 35.5. The molecule has 2 N–H and O–H groups in total. The fraction of sp³-hybridized carbons (Fsp3) is 0.619. The van der Waals surface area contributed by atoms with E-state index in [1.165, 1.54) is 11.1 Å². The van der Waals surface area contributed by atoms with Gasteiger partial charge in [0.2, 0.25) is 0 Å². The lowest BCUT2D eigenvalue weighted by Gasteiger charge is -2.30. The third kappa shape index (κ3) is 12.4. The van der Waals surface area contributed by atoms with Crippen LogP contribution in [0.2, 0.25) is 0 Å². The molecule has 0 bridgehead atoms. The van der Waals surface area contributed by atoms with Gasteiger partial charge >= 0.3 is 0 Å². The van der Waals surface area contributed by atoms with E-state index in [0.717, 1.165) is 54.7 Å². The molecular formula is C42H64O6. The van der Waals surface area contributed by atoms with Crippen LogP contribution in [0.5, 0.6) is 11.5 Å². The minimum Gasteiger partial charge on any atom is -0.491 e. The Balaban J connectivity index is 1.51. The van der Waals surface area contributed by atoms with Crippen LogP contribution in [0, 0.1) is 17.3 Å². The van der Waals surface area contributed by atoms with E-state index in [9.17, 15) is 10.2 Å². The Morgan fingerprint density at radius 3 is 1.67 bits per heavy atom. The minimum atomic E-state index is -0.714. The Labute approximate surface area is 291 Å². The highest BCUT2D eigenvalue weighted by atomic mass is 16.5. The van der Waals surface area contributed by atoms with Crippen LogP contribution in [-0.2, 0) is 27.7 Å². The maximum absolute atomic E-state index is 10.7. The Morgan fingerprint density at radius 2 is 1.19 bits per heavy atom. The number of aliphatic hydroxyl groups is 2. The Bertz CT molecular complexity index is 1290. The van der Waals surface area contributed by atoms with Crippen LogP contribution in [0.1, 0.15) is 103 Å². The van der Waals surface area contributed by atoms with Gasteiger partial charge in [-0.3, -0.25) is 0 Å². The summed E-state index contributed by atoms with van der Waals surface area (Å²) in [4.78, 5) is 0. The Morgan fingerprint density at radius 1 is 0.708 bits per heavy atom. The average Bonchev–Trinajstić information content (AvgIpc) is 3.01. The molecule has 2 aromatic carbocycles. The average molecular weight is 665 g/mol. The number of ether oxygens (including phenoxy) is 4. The monoisotopic (exact) mass is 664 g/mol. The van der Waals surface area contributed by atoms with E-state index in [0.29, 0.717) is 38.1 Å². The van der Waals surface area contributed by atoms with E-state index in [2.05, 4.69) is 78.1 Å². The second kappa shape index (κ2) is 17.8. The molecule has 0 heterocycles. The third-order valence-electron chi connectivity index (χ3n) is 9.40. The van der Waals surface area contributed by atoms with Gasteiger partial charge in [0.15, 0.2) is 0 Å². The zero-order valence-corrected chi connectivity index (χ0v) is 31.1. The highest BCUT2D eigenvalue weighted by Crippen LogP contribution is 2.37. The van der Waals surface area contributed by atoms with Gasteiger partial charge in [0.05, 0.1) is 19.3 Å². The van der Waals surface area contributed by atoms with E-state index >= 15 is 0 Å². The van der Waals surface area contributed by atoms with Gasteiger partial charge in [-0.15, -0.1) is 13.2 Å². The molecule has 0 spiro atoms.